The number of aryl methyl sites for hydroxylation is 2. The maximum absolute atomic E-state index is 11.1. The zero-order chi connectivity index (χ0) is 24.4. The smallest absolute Gasteiger partial charge is 0.303 e. The van der Waals surface area contributed by atoms with Crippen molar-refractivity contribution in [1.29, 1.82) is 0 Å². The van der Waals surface area contributed by atoms with E-state index in [1.807, 2.05) is 18.2 Å². The van der Waals surface area contributed by atoms with Crippen LogP contribution in [0.2, 0.25) is 0 Å². The van der Waals surface area contributed by atoms with Crippen LogP contribution in [0.4, 0.5) is 0 Å². The van der Waals surface area contributed by atoms with Crippen molar-refractivity contribution in [2.75, 3.05) is 6.61 Å². The SMILES string of the molecule is Cc1nc(-c2ccc(-c3ccccc3)cc2)n(C)c1CCOc1ccc2c(c1)CCC2CC(=O)O. The third-order valence-corrected chi connectivity index (χ3v) is 7.01. The van der Waals surface area contributed by atoms with E-state index in [1.54, 1.807) is 0 Å². The highest BCUT2D eigenvalue weighted by atomic mass is 16.5. The monoisotopic (exact) mass is 466 g/mol. The highest BCUT2D eigenvalue weighted by Crippen LogP contribution is 2.37. The largest absolute Gasteiger partial charge is 0.493 e. The summed E-state index contributed by atoms with van der Waals surface area (Å²) in [6.45, 7) is 2.61. The van der Waals surface area contributed by atoms with Gasteiger partial charge in [0, 0.05) is 24.7 Å². The molecule has 1 heterocycles. The maximum atomic E-state index is 11.1. The van der Waals surface area contributed by atoms with Crippen molar-refractivity contribution in [1.82, 2.24) is 9.55 Å². The van der Waals surface area contributed by atoms with Gasteiger partial charge in [-0.2, -0.15) is 0 Å². The molecule has 5 rings (SSSR count). The zero-order valence-electron chi connectivity index (χ0n) is 20.2. The first-order chi connectivity index (χ1) is 17.0. The van der Waals surface area contributed by atoms with Crippen molar-refractivity contribution in [2.45, 2.75) is 38.5 Å². The van der Waals surface area contributed by atoms with E-state index in [0.29, 0.717) is 6.61 Å². The molecule has 35 heavy (non-hydrogen) atoms. The molecule has 0 radical (unpaired) electrons. The van der Waals surface area contributed by atoms with E-state index in [4.69, 9.17) is 14.8 Å². The molecule has 0 spiro atoms. The number of hydrogen-bond acceptors (Lipinski definition) is 3. The first kappa shape index (κ1) is 22.9. The molecule has 0 amide bonds. The number of hydrogen-bond donors (Lipinski definition) is 1. The number of aliphatic carboxylic acids is 1. The normalized spacial score (nSPS) is 14.6. The maximum Gasteiger partial charge on any atom is 0.303 e. The third kappa shape index (κ3) is 4.85. The van der Waals surface area contributed by atoms with Gasteiger partial charge in [-0.3, -0.25) is 4.79 Å². The van der Waals surface area contributed by atoms with Crippen molar-refractivity contribution < 1.29 is 14.6 Å². The molecule has 1 unspecified atom stereocenters. The van der Waals surface area contributed by atoms with Gasteiger partial charge in [-0.1, -0.05) is 60.7 Å². The van der Waals surface area contributed by atoms with Gasteiger partial charge in [0.25, 0.3) is 0 Å². The second kappa shape index (κ2) is 9.79. The van der Waals surface area contributed by atoms with Crippen LogP contribution in [0.5, 0.6) is 5.75 Å². The summed E-state index contributed by atoms with van der Waals surface area (Å²) in [6.07, 6.45) is 2.77. The Hall–Kier alpha value is -3.86. The average molecular weight is 467 g/mol. The fraction of sp³-hybridized carbons (Fsp3) is 0.267. The highest BCUT2D eigenvalue weighted by molar-refractivity contribution is 5.69. The zero-order valence-corrected chi connectivity index (χ0v) is 20.2. The van der Waals surface area contributed by atoms with Gasteiger partial charge in [0.1, 0.15) is 11.6 Å². The second-order valence-electron chi connectivity index (χ2n) is 9.26. The molecule has 0 saturated heterocycles. The van der Waals surface area contributed by atoms with E-state index in [0.717, 1.165) is 53.4 Å². The number of imidazole rings is 1. The molecule has 1 N–H and O–H groups in total. The van der Waals surface area contributed by atoms with Crippen molar-refractivity contribution in [3.05, 3.63) is 95.3 Å². The number of ether oxygens (including phenoxy) is 1. The molecule has 1 aromatic heterocycles. The minimum atomic E-state index is -0.735. The average Bonchev–Trinajstić information content (AvgIpc) is 3.39. The van der Waals surface area contributed by atoms with Crippen LogP contribution in [-0.4, -0.2) is 27.2 Å². The summed E-state index contributed by atoms with van der Waals surface area (Å²) in [5.74, 6) is 1.19. The van der Waals surface area contributed by atoms with E-state index in [1.165, 1.54) is 16.7 Å². The lowest BCUT2D eigenvalue weighted by molar-refractivity contribution is -0.137. The van der Waals surface area contributed by atoms with Crippen LogP contribution in [0, 0.1) is 6.92 Å². The van der Waals surface area contributed by atoms with Crippen molar-refractivity contribution in [3.63, 3.8) is 0 Å². The summed E-state index contributed by atoms with van der Waals surface area (Å²) < 4.78 is 8.25. The standard InChI is InChI=1S/C30H30N2O3/c1-20-28(16-17-35-26-14-15-27-24(18-26)12-13-25(27)19-29(33)34)32(2)30(31-20)23-10-8-22(9-11-23)21-6-4-3-5-7-21/h3-11,14-15,18,25H,12-13,16-17,19H2,1-2H3,(H,33,34). The highest BCUT2D eigenvalue weighted by Gasteiger charge is 2.25. The molecular formula is C30H30N2O3. The molecule has 0 bridgehead atoms. The number of fused-ring (bicyclic) bond motifs is 1. The minimum absolute atomic E-state index is 0.119. The van der Waals surface area contributed by atoms with Crippen LogP contribution in [-0.2, 0) is 24.7 Å². The molecule has 5 heteroatoms. The first-order valence-corrected chi connectivity index (χ1v) is 12.1. The van der Waals surface area contributed by atoms with E-state index in [9.17, 15) is 4.79 Å². The molecule has 5 nitrogen and oxygen atoms in total. The quantitative estimate of drug-likeness (QED) is 0.336. The first-order valence-electron chi connectivity index (χ1n) is 12.1. The van der Waals surface area contributed by atoms with Crippen LogP contribution in [0.1, 0.15) is 41.3 Å². The number of carboxylic acids is 1. The van der Waals surface area contributed by atoms with Crippen LogP contribution in [0.25, 0.3) is 22.5 Å². The number of benzene rings is 3. The topological polar surface area (TPSA) is 64.4 Å². The van der Waals surface area contributed by atoms with Crippen LogP contribution in [0.3, 0.4) is 0 Å². The molecule has 0 saturated carbocycles. The lowest BCUT2D eigenvalue weighted by Crippen LogP contribution is -2.07. The molecular weight excluding hydrogens is 436 g/mol. The fourth-order valence-electron chi connectivity index (χ4n) is 5.18. The summed E-state index contributed by atoms with van der Waals surface area (Å²) in [4.78, 5) is 15.9. The lowest BCUT2D eigenvalue weighted by Gasteiger charge is -2.12. The van der Waals surface area contributed by atoms with Gasteiger partial charge in [0.15, 0.2) is 0 Å². The van der Waals surface area contributed by atoms with Gasteiger partial charge in [0.05, 0.1) is 18.7 Å². The van der Waals surface area contributed by atoms with Gasteiger partial charge < -0.3 is 14.4 Å². The Morgan fingerprint density at radius 1 is 1.03 bits per heavy atom. The van der Waals surface area contributed by atoms with Crippen molar-refractivity contribution in [3.8, 4) is 28.3 Å². The molecule has 1 aliphatic carbocycles. The van der Waals surface area contributed by atoms with Gasteiger partial charge in [0.2, 0.25) is 0 Å². The Labute approximate surface area is 206 Å². The number of carbonyl (C=O) groups is 1. The summed E-state index contributed by atoms with van der Waals surface area (Å²) in [7, 11) is 2.06. The predicted molar refractivity (Wildman–Crippen MR) is 138 cm³/mol. The molecule has 3 aromatic carbocycles. The molecule has 4 aromatic rings. The Morgan fingerprint density at radius 2 is 1.74 bits per heavy atom. The Bertz CT molecular complexity index is 1340. The Balaban J connectivity index is 1.25. The van der Waals surface area contributed by atoms with Crippen molar-refractivity contribution >= 4 is 5.97 Å². The summed E-state index contributed by atoms with van der Waals surface area (Å²) in [5.41, 5.74) is 8.04. The number of aromatic nitrogens is 2. The van der Waals surface area contributed by atoms with E-state index in [-0.39, 0.29) is 12.3 Å². The van der Waals surface area contributed by atoms with Crippen LogP contribution >= 0.6 is 0 Å². The Morgan fingerprint density at radius 3 is 2.49 bits per heavy atom. The molecule has 1 atom stereocenters. The Kier molecular flexibility index (Phi) is 6.41. The second-order valence-corrected chi connectivity index (χ2v) is 9.26. The van der Waals surface area contributed by atoms with Crippen LogP contribution in [0.15, 0.2) is 72.8 Å². The summed E-state index contributed by atoms with van der Waals surface area (Å²) >= 11 is 0. The molecule has 0 fully saturated rings. The summed E-state index contributed by atoms with van der Waals surface area (Å²) in [6, 6.07) is 25.0. The number of nitrogens with zero attached hydrogens (tertiary/aromatic N) is 2. The van der Waals surface area contributed by atoms with E-state index >= 15 is 0 Å². The third-order valence-electron chi connectivity index (χ3n) is 7.01. The summed E-state index contributed by atoms with van der Waals surface area (Å²) in [5, 5.41) is 9.13. The van der Waals surface area contributed by atoms with Gasteiger partial charge in [-0.25, -0.2) is 4.98 Å². The molecule has 0 aliphatic heterocycles. The minimum Gasteiger partial charge on any atom is -0.493 e. The molecule has 178 valence electrons. The van der Waals surface area contributed by atoms with E-state index in [2.05, 4.69) is 73.1 Å². The lowest BCUT2D eigenvalue weighted by atomic mass is 9.98. The van der Waals surface area contributed by atoms with Crippen LogP contribution < -0.4 is 4.74 Å². The number of rotatable bonds is 8. The van der Waals surface area contributed by atoms with Crippen molar-refractivity contribution in [2.24, 2.45) is 7.05 Å². The van der Waals surface area contributed by atoms with E-state index < -0.39 is 5.97 Å². The van der Waals surface area contributed by atoms with Gasteiger partial charge >= 0.3 is 5.97 Å². The molecule has 1 aliphatic rings. The predicted octanol–water partition coefficient (Wildman–Crippen LogP) is 6.19. The van der Waals surface area contributed by atoms with Gasteiger partial charge in [-0.15, -0.1) is 0 Å². The number of carboxylic acid groups (broad SMARTS) is 1. The fourth-order valence-corrected chi connectivity index (χ4v) is 5.18. The van der Waals surface area contributed by atoms with Gasteiger partial charge in [-0.05, 0) is 60.1 Å².